The van der Waals surface area contributed by atoms with Crippen molar-refractivity contribution < 1.29 is 19.4 Å². The molecule has 0 saturated carbocycles. The van der Waals surface area contributed by atoms with Crippen molar-refractivity contribution in [2.75, 3.05) is 12.0 Å². The highest BCUT2D eigenvalue weighted by molar-refractivity contribution is 9.10. The van der Waals surface area contributed by atoms with Crippen molar-refractivity contribution in [2.24, 2.45) is 0 Å². The quantitative estimate of drug-likeness (QED) is 0.579. The van der Waals surface area contributed by atoms with Gasteiger partial charge in [0.2, 0.25) is 0 Å². The van der Waals surface area contributed by atoms with Crippen LogP contribution in [0.5, 0.6) is 11.5 Å². The zero-order chi connectivity index (χ0) is 18.1. The number of methoxy groups -OCH3 is 1. The van der Waals surface area contributed by atoms with Gasteiger partial charge in [0.05, 0.1) is 12.8 Å². The minimum Gasteiger partial charge on any atom is -0.504 e. The zero-order valence-corrected chi connectivity index (χ0v) is 15.3. The van der Waals surface area contributed by atoms with Crippen LogP contribution in [0.3, 0.4) is 0 Å². The lowest BCUT2D eigenvalue weighted by Crippen LogP contribution is -2.30. The predicted molar refractivity (Wildman–Crippen MR) is 97.8 cm³/mol. The fraction of sp³-hybridized carbons (Fsp3) is 0.0588. The second kappa shape index (κ2) is 6.78. The van der Waals surface area contributed by atoms with E-state index in [-0.39, 0.29) is 17.2 Å². The maximum atomic E-state index is 12.6. The number of phenols is 1. The maximum Gasteiger partial charge on any atom is 0.333 e. The number of ether oxygens (including phenoxy) is 1. The zero-order valence-electron chi connectivity index (χ0n) is 12.9. The molecule has 0 aliphatic carbocycles. The number of aromatic hydroxyl groups is 1. The van der Waals surface area contributed by atoms with Gasteiger partial charge in [-0.1, -0.05) is 27.5 Å². The molecule has 2 aromatic carbocycles. The Labute approximate surface area is 156 Å². The standard InChI is InChI=1S/C17H12BrClN2O4/c1-25-14-8-10(18)6-9(15(14)22)7-13-16(23)21(17(24)20-13)12-4-2-11(19)3-5-12/h2-8,22H,1H3,(H,20,24). The molecule has 0 aromatic heterocycles. The summed E-state index contributed by atoms with van der Waals surface area (Å²) in [6.07, 6.45) is 1.39. The number of anilines is 1. The van der Waals surface area contributed by atoms with Gasteiger partial charge in [0.25, 0.3) is 5.91 Å². The number of carbonyl (C=O) groups excluding carboxylic acids is 2. The molecule has 1 saturated heterocycles. The largest absolute Gasteiger partial charge is 0.504 e. The van der Waals surface area contributed by atoms with Gasteiger partial charge in [-0.05, 0) is 42.5 Å². The van der Waals surface area contributed by atoms with E-state index in [1.807, 2.05) is 0 Å². The Balaban J connectivity index is 1.99. The minimum absolute atomic E-state index is 0.0374. The molecule has 8 heteroatoms. The van der Waals surface area contributed by atoms with Crippen molar-refractivity contribution >= 4 is 51.2 Å². The molecule has 25 heavy (non-hydrogen) atoms. The predicted octanol–water partition coefficient (Wildman–Crippen LogP) is 3.91. The van der Waals surface area contributed by atoms with Crippen molar-refractivity contribution in [3.05, 3.63) is 57.2 Å². The highest BCUT2D eigenvalue weighted by atomic mass is 79.9. The van der Waals surface area contributed by atoms with E-state index in [0.717, 1.165) is 4.90 Å². The number of halogens is 2. The summed E-state index contributed by atoms with van der Waals surface area (Å²) in [7, 11) is 1.42. The van der Waals surface area contributed by atoms with Gasteiger partial charge >= 0.3 is 6.03 Å². The first kappa shape index (κ1) is 17.3. The highest BCUT2D eigenvalue weighted by Gasteiger charge is 2.35. The van der Waals surface area contributed by atoms with E-state index in [9.17, 15) is 14.7 Å². The third-order valence-corrected chi connectivity index (χ3v) is 4.26. The Kier molecular flexibility index (Phi) is 4.69. The topological polar surface area (TPSA) is 78.9 Å². The number of hydrogen-bond acceptors (Lipinski definition) is 4. The first-order chi connectivity index (χ1) is 11.9. The molecule has 0 atom stereocenters. The van der Waals surface area contributed by atoms with E-state index in [0.29, 0.717) is 20.7 Å². The lowest BCUT2D eigenvalue weighted by atomic mass is 10.1. The normalized spacial score (nSPS) is 15.6. The van der Waals surface area contributed by atoms with Crippen LogP contribution in [0.2, 0.25) is 5.02 Å². The summed E-state index contributed by atoms with van der Waals surface area (Å²) in [4.78, 5) is 25.7. The van der Waals surface area contributed by atoms with Crippen molar-refractivity contribution in [1.82, 2.24) is 5.32 Å². The van der Waals surface area contributed by atoms with Gasteiger partial charge in [-0.15, -0.1) is 0 Å². The second-order valence-electron chi connectivity index (χ2n) is 5.15. The number of benzene rings is 2. The summed E-state index contributed by atoms with van der Waals surface area (Å²) in [6, 6.07) is 8.93. The molecule has 2 aromatic rings. The van der Waals surface area contributed by atoms with Crippen molar-refractivity contribution in [3.63, 3.8) is 0 Å². The van der Waals surface area contributed by atoms with Gasteiger partial charge in [-0.25, -0.2) is 9.69 Å². The molecular formula is C17H12BrClN2O4. The van der Waals surface area contributed by atoms with Gasteiger partial charge in [-0.2, -0.15) is 0 Å². The third-order valence-electron chi connectivity index (χ3n) is 3.55. The summed E-state index contributed by atoms with van der Waals surface area (Å²) in [5.41, 5.74) is 0.759. The van der Waals surface area contributed by atoms with Gasteiger partial charge < -0.3 is 15.2 Å². The second-order valence-corrected chi connectivity index (χ2v) is 6.50. The molecule has 6 nitrogen and oxygen atoms in total. The van der Waals surface area contributed by atoms with Crippen LogP contribution < -0.4 is 15.0 Å². The Hall–Kier alpha value is -2.51. The van der Waals surface area contributed by atoms with E-state index in [1.54, 1.807) is 36.4 Å². The fourth-order valence-corrected chi connectivity index (χ4v) is 2.96. The van der Waals surface area contributed by atoms with E-state index in [1.165, 1.54) is 13.2 Å². The monoisotopic (exact) mass is 422 g/mol. The first-order valence-electron chi connectivity index (χ1n) is 7.10. The van der Waals surface area contributed by atoms with Gasteiger partial charge in [0, 0.05) is 15.1 Å². The summed E-state index contributed by atoms with van der Waals surface area (Å²) in [6.45, 7) is 0. The number of nitrogens with one attached hydrogen (secondary N) is 1. The Morgan fingerprint density at radius 1 is 1.24 bits per heavy atom. The summed E-state index contributed by atoms with van der Waals surface area (Å²) in [5, 5.41) is 13.2. The van der Waals surface area contributed by atoms with Crippen LogP contribution in [0.15, 0.2) is 46.6 Å². The molecular weight excluding hydrogens is 412 g/mol. The molecule has 1 fully saturated rings. The lowest BCUT2D eigenvalue weighted by Gasteiger charge is -2.11. The minimum atomic E-state index is -0.583. The van der Waals surface area contributed by atoms with Crippen molar-refractivity contribution in [3.8, 4) is 11.5 Å². The number of rotatable bonds is 3. The smallest absolute Gasteiger partial charge is 0.333 e. The molecule has 3 amide bonds. The average molecular weight is 424 g/mol. The SMILES string of the molecule is COc1cc(Br)cc(C=C2NC(=O)N(c3ccc(Cl)cc3)C2=O)c1O. The van der Waals surface area contributed by atoms with Crippen molar-refractivity contribution in [1.29, 1.82) is 0 Å². The van der Waals surface area contributed by atoms with Crippen LogP contribution in [-0.4, -0.2) is 24.2 Å². The summed E-state index contributed by atoms with van der Waals surface area (Å²) >= 11 is 9.13. The lowest BCUT2D eigenvalue weighted by molar-refractivity contribution is -0.113. The number of amides is 3. The number of imide groups is 1. The molecule has 0 spiro atoms. The molecule has 0 unspecified atom stereocenters. The van der Waals surface area contributed by atoms with E-state index in [4.69, 9.17) is 16.3 Å². The average Bonchev–Trinajstić information content (AvgIpc) is 2.85. The fourth-order valence-electron chi connectivity index (χ4n) is 2.38. The molecule has 128 valence electrons. The molecule has 2 N–H and O–H groups in total. The summed E-state index contributed by atoms with van der Waals surface area (Å²) < 4.78 is 5.73. The Morgan fingerprint density at radius 2 is 1.92 bits per heavy atom. The van der Waals surface area contributed by atoms with Crippen molar-refractivity contribution in [2.45, 2.75) is 0 Å². The third kappa shape index (κ3) is 3.33. The molecule has 0 bridgehead atoms. The number of nitrogens with zero attached hydrogens (tertiary/aromatic N) is 1. The number of urea groups is 1. The van der Waals surface area contributed by atoms with Gasteiger partial charge in [-0.3, -0.25) is 4.79 Å². The summed E-state index contributed by atoms with van der Waals surface area (Å²) in [5.74, 6) is -0.427. The number of carbonyl (C=O) groups is 2. The van der Waals surface area contributed by atoms with Crippen LogP contribution in [0.4, 0.5) is 10.5 Å². The van der Waals surface area contributed by atoms with E-state index < -0.39 is 11.9 Å². The number of phenolic OH excluding ortho intramolecular Hbond substituents is 1. The van der Waals surface area contributed by atoms with Crippen LogP contribution >= 0.6 is 27.5 Å². The molecule has 1 heterocycles. The van der Waals surface area contributed by atoms with Crippen LogP contribution in [0, 0.1) is 0 Å². The molecule has 0 radical (unpaired) electrons. The van der Waals surface area contributed by atoms with Crippen LogP contribution in [0.25, 0.3) is 6.08 Å². The van der Waals surface area contributed by atoms with E-state index >= 15 is 0 Å². The van der Waals surface area contributed by atoms with Crippen LogP contribution in [-0.2, 0) is 4.79 Å². The van der Waals surface area contributed by atoms with Gasteiger partial charge in [0.1, 0.15) is 5.70 Å². The molecule has 1 aliphatic rings. The Bertz CT molecular complexity index is 896. The maximum absolute atomic E-state index is 12.6. The van der Waals surface area contributed by atoms with E-state index in [2.05, 4.69) is 21.2 Å². The number of hydrogen-bond donors (Lipinski definition) is 2. The molecule has 1 aliphatic heterocycles. The molecule has 3 rings (SSSR count). The van der Waals surface area contributed by atoms with Crippen LogP contribution in [0.1, 0.15) is 5.56 Å². The highest BCUT2D eigenvalue weighted by Crippen LogP contribution is 2.35. The van der Waals surface area contributed by atoms with Gasteiger partial charge in [0.15, 0.2) is 11.5 Å². The Morgan fingerprint density at radius 3 is 2.56 bits per heavy atom. The first-order valence-corrected chi connectivity index (χ1v) is 8.27.